The second kappa shape index (κ2) is 6.41. The molecule has 0 amide bonds. The molecule has 0 aromatic rings. The van der Waals surface area contributed by atoms with E-state index in [9.17, 15) is 18.0 Å². The van der Waals surface area contributed by atoms with Gasteiger partial charge in [0.15, 0.2) is 6.61 Å². The molecule has 88 valence electrons. The fourth-order valence-electron chi connectivity index (χ4n) is 0.580. The first-order valence-electron chi connectivity index (χ1n) is 4.05. The number of hydrogen-bond donors (Lipinski definition) is 1. The summed E-state index contributed by atoms with van der Waals surface area (Å²) in [4.78, 5) is 18.4. The maximum Gasteiger partial charge on any atom is 0.415 e. The van der Waals surface area contributed by atoms with Gasteiger partial charge < -0.3 is 5.11 Å². The Morgan fingerprint density at radius 2 is 2.07 bits per heavy atom. The van der Waals surface area contributed by atoms with Crippen LogP contribution in [0.5, 0.6) is 0 Å². The Kier molecular flexibility index (Phi) is 5.95. The number of halogens is 3. The zero-order valence-corrected chi connectivity index (χ0v) is 8.00. The predicted molar refractivity (Wildman–Crippen MR) is 43.6 cm³/mol. The van der Waals surface area contributed by atoms with E-state index in [0.717, 1.165) is 0 Å². The van der Waals surface area contributed by atoms with Crippen LogP contribution in [0.2, 0.25) is 0 Å². The topological polar surface area (TPSA) is 55.8 Å². The standard InChI is InChI=1S/C8H11F3O4/c1-6(3-2-4-12)7(13)15-14-5-8(9,10)11/h3,12H,2,4-5H2,1H3. The predicted octanol–water partition coefficient (Wildman–Crippen LogP) is 1.35. The maximum absolute atomic E-state index is 11.5. The number of carbonyl (C=O) groups excluding carboxylic acids is 1. The molecule has 0 spiro atoms. The zero-order valence-electron chi connectivity index (χ0n) is 8.00. The summed E-state index contributed by atoms with van der Waals surface area (Å²) in [7, 11) is 0. The van der Waals surface area contributed by atoms with Crippen molar-refractivity contribution in [3.63, 3.8) is 0 Å². The van der Waals surface area contributed by atoms with Crippen LogP contribution < -0.4 is 0 Å². The molecule has 15 heavy (non-hydrogen) atoms. The summed E-state index contributed by atoms with van der Waals surface area (Å²) >= 11 is 0. The Balaban J connectivity index is 3.84. The van der Waals surface area contributed by atoms with Crippen molar-refractivity contribution in [2.45, 2.75) is 19.5 Å². The summed E-state index contributed by atoms with van der Waals surface area (Å²) < 4.78 is 34.6. The van der Waals surface area contributed by atoms with Gasteiger partial charge in [-0.25, -0.2) is 4.79 Å². The van der Waals surface area contributed by atoms with Gasteiger partial charge in [0.2, 0.25) is 0 Å². The molecule has 0 radical (unpaired) electrons. The third-order valence-electron chi connectivity index (χ3n) is 1.26. The van der Waals surface area contributed by atoms with Gasteiger partial charge in [-0.05, 0) is 13.3 Å². The Morgan fingerprint density at radius 1 is 1.47 bits per heavy atom. The third kappa shape index (κ3) is 7.95. The Labute approximate surface area is 84.2 Å². The molecule has 0 aromatic carbocycles. The molecule has 0 aliphatic rings. The second-order valence-corrected chi connectivity index (χ2v) is 2.65. The summed E-state index contributed by atoms with van der Waals surface area (Å²) in [5.74, 6) is -1.01. The SMILES string of the molecule is CC(=CCCO)C(=O)OOCC(F)(F)F. The molecular weight excluding hydrogens is 217 g/mol. The molecule has 0 saturated carbocycles. The van der Waals surface area contributed by atoms with E-state index in [1.165, 1.54) is 13.0 Å². The van der Waals surface area contributed by atoms with Gasteiger partial charge in [-0.15, -0.1) is 0 Å². The van der Waals surface area contributed by atoms with Crippen molar-refractivity contribution in [2.24, 2.45) is 0 Å². The van der Waals surface area contributed by atoms with E-state index in [-0.39, 0.29) is 18.6 Å². The van der Waals surface area contributed by atoms with Crippen molar-refractivity contribution < 1.29 is 32.8 Å². The lowest BCUT2D eigenvalue weighted by molar-refractivity contribution is -0.314. The highest BCUT2D eigenvalue weighted by Gasteiger charge is 2.29. The lowest BCUT2D eigenvalue weighted by atomic mass is 10.2. The summed E-state index contributed by atoms with van der Waals surface area (Å²) in [6.07, 6.45) is -2.98. The molecular formula is C8H11F3O4. The number of hydrogen-bond acceptors (Lipinski definition) is 4. The highest BCUT2D eigenvalue weighted by Crippen LogP contribution is 2.14. The first kappa shape index (κ1) is 13.9. The molecule has 0 saturated heterocycles. The zero-order chi connectivity index (χ0) is 11.9. The van der Waals surface area contributed by atoms with Crippen LogP contribution in [0.4, 0.5) is 13.2 Å². The molecule has 0 aliphatic heterocycles. The van der Waals surface area contributed by atoms with Crippen LogP contribution in [0.1, 0.15) is 13.3 Å². The van der Waals surface area contributed by atoms with Gasteiger partial charge >= 0.3 is 12.1 Å². The lowest BCUT2D eigenvalue weighted by Crippen LogP contribution is -2.19. The van der Waals surface area contributed by atoms with E-state index in [0.29, 0.717) is 0 Å². The first-order chi connectivity index (χ1) is 6.87. The Bertz CT molecular complexity index is 235. The molecule has 0 aromatic heterocycles. The van der Waals surface area contributed by atoms with Gasteiger partial charge in [-0.3, -0.25) is 4.89 Å². The van der Waals surface area contributed by atoms with Gasteiger partial charge in [0.1, 0.15) is 0 Å². The van der Waals surface area contributed by atoms with Crippen LogP contribution in [0.3, 0.4) is 0 Å². The van der Waals surface area contributed by atoms with E-state index in [4.69, 9.17) is 5.11 Å². The average Bonchev–Trinajstić information content (AvgIpc) is 2.11. The number of aliphatic hydroxyl groups excluding tert-OH is 1. The van der Waals surface area contributed by atoms with Crippen molar-refractivity contribution in [2.75, 3.05) is 13.2 Å². The normalized spacial score (nSPS) is 12.7. The van der Waals surface area contributed by atoms with Gasteiger partial charge in [-0.1, -0.05) is 6.08 Å². The van der Waals surface area contributed by atoms with Crippen LogP contribution in [0, 0.1) is 0 Å². The van der Waals surface area contributed by atoms with Crippen LogP contribution in [-0.2, 0) is 14.6 Å². The minimum atomic E-state index is -4.54. The van der Waals surface area contributed by atoms with Gasteiger partial charge in [0.05, 0.1) is 0 Å². The van der Waals surface area contributed by atoms with Gasteiger partial charge in [0.25, 0.3) is 0 Å². The summed E-state index contributed by atoms with van der Waals surface area (Å²) in [5, 5.41) is 8.40. The number of carbonyl (C=O) groups is 1. The second-order valence-electron chi connectivity index (χ2n) is 2.65. The molecule has 0 bridgehead atoms. The van der Waals surface area contributed by atoms with Crippen LogP contribution in [0.25, 0.3) is 0 Å². The van der Waals surface area contributed by atoms with Gasteiger partial charge in [-0.2, -0.15) is 18.1 Å². The molecule has 0 rings (SSSR count). The van der Waals surface area contributed by atoms with E-state index in [1.54, 1.807) is 0 Å². The highest BCUT2D eigenvalue weighted by atomic mass is 19.4. The van der Waals surface area contributed by atoms with E-state index in [1.807, 2.05) is 0 Å². The maximum atomic E-state index is 11.5. The lowest BCUT2D eigenvalue weighted by Gasteiger charge is -2.06. The molecule has 7 heteroatoms. The molecule has 0 fully saturated rings. The van der Waals surface area contributed by atoms with Crippen molar-refractivity contribution >= 4 is 5.97 Å². The van der Waals surface area contributed by atoms with Crippen LogP contribution in [0.15, 0.2) is 11.6 Å². The van der Waals surface area contributed by atoms with Crippen LogP contribution in [-0.4, -0.2) is 30.5 Å². The van der Waals surface area contributed by atoms with E-state index >= 15 is 0 Å². The molecule has 0 heterocycles. The van der Waals surface area contributed by atoms with Crippen molar-refractivity contribution in [3.8, 4) is 0 Å². The third-order valence-corrected chi connectivity index (χ3v) is 1.26. The van der Waals surface area contributed by atoms with E-state index < -0.39 is 18.8 Å². The quantitative estimate of drug-likeness (QED) is 0.438. The van der Waals surface area contributed by atoms with Gasteiger partial charge in [0, 0.05) is 12.2 Å². The average molecular weight is 228 g/mol. The highest BCUT2D eigenvalue weighted by molar-refractivity contribution is 5.87. The molecule has 0 atom stereocenters. The molecule has 1 N–H and O–H groups in total. The summed E-state index contributed by atoms with van der Waals surface area (Å²) in [5.41, 5.74) is 0.0752. The summed E-state index contributed by atoms with van der Waals surface area (Å²) in [6.45, 7) is -0.463. The number of alkyl halides is 3. The minimum Gasteiger partial charge on any atom is -0.396 e. The number of aliphatic hydroxyl groups is 1. The number of rotatable bonds is 5. The van der Waals surface area contributed by atoms with Crippen molar-refractivity contribution in [3.05, 3.63) is 11.6 Å². The molecule has 0 unspecified atom stereocenters. The fraction of sp³-hybridized carbons (Fsp3) is 0.625. The Morgan fingerprint density at radius 3 is 2.53 bits per heavy atom. The minimum absolute atomic E-state index is 0.0752. The smallest absolute Gasteiger partial charge is 0.396 e. The molecule has 0 aliphatic carbocycles. The monoisotopic (exact) mass is 228 g/mol. The van der Waals surface area contributed by atoms with Crippen LogP contribution >= 0.6 is 0 Å². The van der Waals surface area contributed by atoms with Crippen molar-refractivity contribution in [1.29, 1.82) is 0 Å². The summed E-state index contributed by atoms with van der Waals surface area (Å²) in [6, 6.07) is 0. The fourth-order valence-corrected chi connectivity index (χ4v) is 0.580. The van der Waals surface area contributed by atoms with E-state index in [2.05, 4.69) is 9.78 Å². The molecule has 4 nitrogen and oxygen atoms in total. The first-order valence-corrected chi connectivity index (χ1v) is 4.05. The van der Waals surface area contributed by atoms with Crippen molar-refractivity contribution in [1.82, 2.24) is 0 Å². The largest absolute Gasteiger partial charge is 0.415 e. The Hall–Kier alpha value is -1.08.